The molecular weight excluding hydrogens is 435 g/mol. The van der Waals surface area contributed by atoms with Crippen molar-refractivity contribution in [1.29, 1.82) is 0 Å². The first-order valence-corrected chi connectivity index (χ1v) is 9.54. The van der Waals surface area contributed by atoms with Gasteiger partial charge in [-0.1, -0.05) is 29.8 Å². The van der Waals surface area contributed by atoms with Crippen LogP contribution in [0.5, 0.6) is 0 Å². The molecule has 164 valence electrons. The molecule has 2 aromatic carbocycles. The number of hydrogen-bond donors (Lipinski definition) is 3. The van der Waals surface area contributed by atoms with Crippen LogP contribution in [0.2, 0.25) is 5.02 Å². The highest BCUT2D eigenvalue weighted by molar-refractivity contribution is 6.35. The Morgan fingerprint density at radius 1 is 1.19 bits per heavy atom. The fourth-order valence-electron chi connectivity index (χ4n) is 3.46. The molecule has 0 bridgehead atoms. The number of hydrogen-bond acceptors (Lipinski definition) is 4. The van der Waals surface area contributed by atoms with E-state index in [0.717, 1.165) is 6.07 Å². The summed E-state index contributed by atoms with van der Waals surface area (Å²) >= 11 is 6.34. The zero-order chi connectivity index (χ0) is 22.9. The van der Waals surface area contributed by atoms with Crippen LogP contribution < -0.4 is 10.6 Å². The van der Waals surface area contributed by atoms with Crippen LogP contribution in [0.25, 0.3) is 5.57 Å². The Morgan fingerprint density at radius 2 is 1.87 bits per heavy atom. The minimum absolute atomic E-state index is 0.0426. The molecule has 10 heteroatoms. The maximum absolute atomic E-state index is 13.3. The van der Waals surface area contributed by atoms with Gasteiger partial charge in [-0.3, -0.25) is 9.59 Å². The molecule has 6 nitrogen and oxygen atoms in total. The second-order valence-corrected chi connectivity index (χ2v) is 7.42. The summed E-state index contributed by atoms with van der Waals surface area (Å²) in [5.74, 6) is -1.82. The summed E-state index contributed by atoms with van der Waals surface area (Å²) in [7, 11) is 1.65. The van der Waals surface area contributed by atoms with Gasteiger partial charge in [0.05, 0.1) is 11.1 Å². The van der Waals surface area contributed by atoms with Crippen LogP contribution in [0.1, 0.15) is 28.4 Å². The van der Waals surface area contributed by atoms with Crippen LogP contribution >= 0.6 is 11.6 Å². The number of rotatable bonds is 5. The van der Waals surface area contributed by atoms with E-state index in [1.165, 1.54) is 19.2 Å². The van der Waals surface area contributed by atoms with Gasteiger partial charge in [0.1, 0.15) is 12.7 Å². The van der Waals surface area contributed by atoms with Crippen molar-refractivity contribution in [2.75, 3.05) is 18.9 Å². The van der Waals surface area contributed by atoms with Gasteiger partial charge in [0, 0.05) is 35.1 Å². The Kier molecular flexibility index (Phi) is 6.17. The molecule has 3 N–H and O–H groups in total. The molecule has 0 radical (unpaired) electrons. The van der Waals surface area contributed by atoms with Crippen molar-refractivity contribution in [2.24, 2.45) is 0 Å². The lowest BCUT2D eigenvalue weighted by molar-refractivity contribution is -0.138. The van der Waals surface area contributed by atoms with Crippen LogP contribution in [-0.2, 0) is 15.8 Å². The number of fused-ring (bicyclic) bond motifs is 1. The minimum atomic E-state index is -4.49. The predicted molar refractivity (Wildman–Crippen MR) is 110 cm³/mol. The fourth-order valence-corrected chi connectivity index (χ4v) is 3.75. The molecule has 1 aliphatic rings. The van der Waals surface area contributed by atoms with E-state index in [9.17, 15) is 22.8 Å². The third kappa shape index (κ3) is 4.61. The number of carbonyl (C=O) groups is 2. The molecule has 0 spiro atoms. The quantitative estimate of drug-likeness (QED) is 0.630. The van der Waals surface area contributed by atoms with Gasteiger partial charge in [-0.2, -0.15) is 13.2 Å². The molecule has 3 rings (SSSR count). The number of benzene rings is 2. The lowest BCUT2D eigenvalue weighted by atomic mass is 9.93. The lowest BCUT2D eigenvalue weighted by Gasteiger charge is -2.36. The van der Waals surface area contributed by atoms with Gasteiger partial charge in [0.15, 0.2) is 0 Å². The number of alkyl halides is 3. The summed E-state index contributed by atoms with van der Waals surface area (Å²) < 4.78 is 39.9. The van der Waals surface area contributed by atoms with Crippen molar-refractivity contribution >= 4 is 34.7 Å². The van der Waals surface area contributed by atoms with Crippen LogP contribution in [0.4, 0.5) is 18.9 Å². The average molecular weight is 454 g/mol. The Balaban J connectivity index is 2.01. The third-order valence-electron chi connectivity index (χ3n) is 4.93. The molecule has 1 aliphatic heterocycles. The average Bonchev–Trinajstić information content (AvgIpc) is 2.68. The van der Waals surface area contributed by atoms with Gasteiger partial charge in [-0.15, -0.1) is 0 Å². The maximum Gasteiger partial charge on any atom is 0.416 e. The molecule has 1 atom stereocenters. The summed E-state index contributed by atoms with van der Waals surface area (Å²) in [5, 5.41) is 14.5. The third-order valence-corrected chi connectivity index (χ3v) is 5.24. The van der Waals surface area contributed by atoms with Crippen LogP contribution in [0.3, 0.4) is 0 Å². The highest BCUT2D eigenvalue weighted by Crippen LogP contribution is 2.40. The van der Waals surface area contributed by atoms with Gasteiger partial charge in [-0.05, 0) is 30.7 Å². The first kappa shape index (κ1) is 22.5. The van der Waals surface area contributed by atoms with E-state index in [2.05, 4.69) is 10.6 Å². The first-order chi connectivity index (χ1) is 14.5. The monoisotopic (exact) mass is 453 g/mol. The summed E-state index contributed by atoms with van der Waals surface area (Å²) in [6.07, 6.45) is -3.63. The van der Waals surface area contributed by atoms with E-state index in [4.69, 9.17) is 16.7 Å². The Hall–Kier alpha value is -3.20. The number of halogens is 4. The Bertz CT molecular complexity index is 1070. The smallest absolute Gasteiger partial charge is 0.416 e. The number of nitrogens with zero attached hydrogens (tertiary/aromatic N) is 1. The van der Waals surface area contributed by atoms with Crippen molar-refractivity contribution in [3.05, 3.63) is 69.9 Å². The van der Waals surface area contributed by atoms with Crippen LogP contribution in [0, 0.1) is 6.92 Å². The number of amides is 1. The summed E-state index contributed by atoms with van der Waals surface area (Å²) in [5.41, 5.74) is 0.683. The van der Waals surface area contributed by atoms with Crippen molar-refractivity contribution in [1.82, 2.24) is 10.2 Å². The van der Waals surface area contributed by atoms with E-state index in [1.54, 1.807) is 36.2 Å². The van der Waals surface area contributed by atoms with Crippen molar-refractivity contribution in [3.8, 4) is 0 Å². The van der Waals surface area contributed by atoms with Gasteiger partial charge in [0.25, 0.3) is 5.91 Å². The molecule has 0 fully saturated rings. The van der Waals surface area contributed by atoms with Gasteiger partial charge in [-0.25, -0.2) is 0 Å². The normalized spacial score (nSPS) is 15.7. The topological polar surface area (TPSA) is 81.7 Å². The van der Waals surface area contributed by atoms with Crippen LogP contribution in [0.15, 0.2) is 42.6 Å². The predicted octanol–water partition coefficient (Wildman–Crippen LogP) is 4.27. The molecule has 0 saturated carbocycles. The van der Waals surface area contributed by atoms with E-state index in [1.807, 2.05) is 0 Å². The molecule has 0 aliphatic carbocycles. The van der Waals surface area contributed by atoms with Crippen LogP contribution in [-0.4, -0.2) is 35.5 Å². The van der Waals surface area contributed by atoms with Gasteiger partial charge < -0.3 is 20.6 Å². The zero-order valence-corrected chi connectivity index (χ0v) is 17.3. The number of carboxylic acid groups (broad SMARTS) is 1. The molecule has 1 amide bonds. The number of anilines is 1. The van der Waals surface area contributed by atoms with Crippen molar-refractivity contribution < 1.29 is 27.9 Å². The van der Waals surface area contributed by atoms with Gasteiger partial charge >= 0.3 is 12.1 Å². The first-order valence-electron chi connectivity index (χ1n) is 9.16. The standard InChI is InChI=1S/C21H19ClF3N3O3/c1-11-14(21(23,24)25)6-4-8-16(11)27-19-12-5-3-7-15(22)18(12)13(10-28(19)2)20(31)26-9-17(29)30/h3-8,10,19,27H,9H2,1-2H3,(H,26,31)(H,29,30). The molecular formula is C21H19ClF3N3O3. The largest absolute Gasteiger partial charge is 0.480 e. The lowest BCUT2D eigenvalue weighted by Crippen LogP contribution is -2.36. The highest BCUT2D eigenvalue weighted by Gasteiger charge is 2.34. The van der Waals surface area contributed by atoms with Gasteiger partial charge in [0.2, 0.25) is 0 Å². The Labute approximate surface area is 181 Å². The number of aliphatic carboxylic acids is 1. The number of carbonyl (C=O) groups excluding carboxylic acids is 1. The second-order valence-electron chi connectivity index (χ2n) is 7.01. The second kappa shape index (κ2) is 8.50. The molecule has 2 aromatic rings. The fraction of sp³-hybridized carbons (Fsp3) is 0.238. The molecule has 31 heavy (non-hydrogen) atoms. The zero-order valence-electron chi connectivity index (χ0n) is 16.5. The highest BCUT2D eigenvalue weighted by atomic mass is 35.5. The molecule has 1 unspecified atom stereocenters. The molecule has 1 heterocycles. The van der Waals surface area contributed by atoms with E-state index in [0.29, 0.717) is 11.1 Å². The van der Waals surface area contributed by atoms with E-state index < -0.39 is 36.3 Å². The van der Waals surface area contributed by atoms with Crippen molar-refractivity contribution in [3.63, 3.8) is 0 Å². The SMILES string of the molecule is Cc1c(NC2c3cccc(Cl)c3C(C(=O)NCC(=O)O)=CN2C)cccc1C(F)(F)F. The summed E-state index contributed by atoms with van der Waals surface area (Å²) in [6.45, 7) is 0.818. The number of nitrogens with one attached hydrogen (secondary N) is 2. The van der Waals surface area contributed by atoms with E-state index >= 15 is 0 Å². The maximum atomic E-state index is 13.3. The van der Waals surface area contributed by atoms with E-state index in [-0.39, 0.29) is 21.8 Å². The summed E-state index contributed by atoms with van der Waals surface area (Å²) in [6, 6.07) is 8.83. The molecule has 0 aromatic heterocycles. The minimum Gasteiger partial charge on any atom is -0.480 e. The summed E-state index contributed by atoms with van der Waals surface area (Å²) in [4.78, 5) is 25.0. The molecule has 0 saturated heterocycles. The number of carboxylic acids is 1. The Morgan fingerprint density at radius 3 is 2.52 bits per heavy atom. The van der Waals surface area contributed by atoms with Crippen molar-refractivity contribution in [2.45, 2.75) is 19.3 Å².